The molecular weight excluding hydrogens is 426 g/mol. The van der Waals surface area contributed by atoms with Gasteiger partial charge in [-0.1, -0.05) is 28.1 Å². The van der Waals surface area contributed by atoms with Crippen molar-refractivity contribution in [1.82, 2.24) is 0 Å². The average Bonchev–Trinajstić information content (AvgIpc) is 2.95. The Hall–Kier alpha value is -3.13. The number of amides is 2. The van der Waals surface area contributed by atoms with Crippen molar-refractivity contribution in [2.75, 3.05) is 18.7 Å². The van der Waals surface area contributed by atoms with E-state index < -0.39 is 5.91 Å². The highest BCUT2D eigenvalue weighted by Crippen LogP contribution is 2.31. The monoisotopic (exact) mass is 443 g/mol. The number of rotatable bonds is 6. The number of ether oxygens (including phenoxy) is 2. The molecule has 2 N–H and O–H groups in total. The molecule has 0 atom stereocenters. The number of halogens is 1. The number of hydrogen-bond donors (Lipinski definition) is 1. The molecule has 0 saturated heterocycles. The van der Waals surface area contributed by atoms with Gasteiger partial charge in [0.2, 0.25) is 0 Å². The van der Waals surface area contributed by atoms with Gasteiger partial charge in [-0.2, -0.15) is 10.1 Å². The number of anilines is 1. The Morgan fingerprint density at radius 3 is 2.71 bits per heavy atom. The number of methoxy groups -OCH3 is 1. The zero-order valence-electron chi connectivity index (χ0n) is 15.3. The van der Waals surface area contributed by atoms with Crippen LogP contribution in [0.4, 0.5) is 5.69 Å². The summed E-state index contributed by atoms with van der Waals surface area (Å²) >= 11 is 3.40. The molecule has 0 saturated carbocycles. The van der Waals surface area contributed by atoms with Crippen LogP contribution in [0, 0.1) is 0 Å². The molecule has 2 aromatic rings. The van der Waals surface area contributed by atoms with Crippen molar-refractivity contribution in [1.29, 1.82) is 0 Å². The number of nitrogens with two attached hydrogens (primary N) is 1. The Bertz CT molecular complexity index is 1000. The van der Waals surface area contributed by atoms with Crippen LogP contribution >= 0.6 is 15.9 Å². The molecular formula is C20H18BrN3O4. The first-order valence-corrected chi connectivity index (χ1v) is 9.15. The third-order valence-electron chi connectivity index (χ3n) is 3.98. The molecule has 0 fully saturated rings. The SMILES string of the molecule is COc1cc(C=C2C(=O)N(c3cccc(Br)c3)N=C2C)ccc1OCC(N)=O. The van der Waals surface area contributed by atoms with Crippen LogP contribution in [0.15, 0.2) is 57.6 Å². The van der Waals surface area contributed by atoms with E-state index in [1.807, 2.05) is 24.3 Å². The number of carbonyl (C=O) groups is 2. The summed E-state index contributed by atoms with van der Waals surface area (Å²) in [6.45, 7) is 1.53. The van der Waals surface area contributed by atoms with Crippen LogP contribution in [0.1, 0.15) is 12.5 Å². The molecule has 3 rings (SSSR count). The van der Waals surface area contributed by atoms with Crippen LogP contribution < -0.4 is 20.2 Å². The highest BCUT2D eigenvalue weighted by atomic mass is 79.9. The number of benzene rings is 2. The molecule has 0 radical (unpaired) electrons. The van der Waals surface area contributed by atoms with Crippen LogP contribution in [0.25, 0.3) is 6.08 Å². The van der Waals surface area contributed by atoms with Crippen molar-refractivity contribution in [2.24, 2.45) is 10.8 Å². The molecule has 1 aliphatic heterocycles. The minimum Gasteiger partial charge on any atom is -0.493 e. The Morgan fingerprint density at radius 2 is 2.04 bits per heavy atom. The van der Waals surface area contributed by atoms with Gasteiger partial charge in [-0.25, -0.2) is 0 Å². The van der Waals surface area contributed by atoms with Crippen molar-refractivity contribution in [2.45, 2.75) is 6.92 Å². The zero-order valence-corrected chi connectivity index (χ0v) is 16.9. The summed E-state index contributed by atoms with van der Waals surface area (Å²) < 4.78 is 11.5. The van der Waals surface area contributed by atoms with E-state index in [0.29, 0.717) is 28.5 Å². The highest BCUT2D eigenvalue weighted by molar-refractivity contribution is 9.10. The quantitative estimate of drug-likeness (QED) is 0.693. The molecule has 0 bridgehead atoms. The van der Waals surface area contributed by atoms with Gasteiger partial charge in [0.05, 0.1) is 24.1 Å². The molecule has 7 nitrogen and oxygen atoms in total. The lowest BCUT2D eigenvalue weighted by Gasteiger charge is -2.12. The van der Waals surface area contributed by atoms with E-state index in [0.717, 1.165) is 10.0 Å². The topological polar surface area (TPSA) is 94.2 Å². The summed E-state index contributed by atoms with van der Waals surface area (Å²) in [6, 6.07) is 12.5. The van der Waals surface area contributed by atoms with Crippen molar-refractivity contribution < 1.29 is 19.1 Å². The van der Waals surface area contributed by atoms with Gasteiger partial charge in [0.15, 0.2) is 18.1 Å². The molecule has 144 valence electrons. The summed E-state index contributed by atoms with van der Waals surface area (Å²) in [5.74, 6) is 0.0229. The van der Waals surface area contributed by atoms with Gasteiger partial charge in [-0.3, -0.25) is 9.59 Å². The number of carbonyl (C=O) groups excluding carboxylic acids is 2. The van der Waals surface area contributed by atoms with Gasteiger partial charge < -0.3 is 15.2 Å². The smallest absolute Gasteiger partial charge is 0.280 e. The lowest BCUT2D eigenvalue weighted by Crippen LogP contribution is -2.21. The second-order valence-electron chi connectivity index (χ2n) is 6.01. The number of hydrogen-bond acceptors (Lipinski definition) is 5. The molecule has 0 aliphatic carbocycles. The van der Waals surface area contributed by atoms with Gasteiger partial charge in [-0.15, -0.1) is 0 Å². The molecule has 8 heteroatoms. The fourth-order valence-electron chi connectivity index (χ4n) is 2.68. The van der Waals surface area contributed by atoms with Crippen LogP contribution in [0.5, 0.6) is 11.5 Å². The minimum absolute atomic E-state index is 0.219. The molecule has 28 heavy (non-hydrogen) atoms. The largest absolute Gasteiger partial charge is 0.493 e. The summed E-state index contributed by atoms with van der Waals surface area (Å²) in [6.07, 6.45) is 1.74. The van der Waals surface area contributed by atoms with E-state index in [4.69, 9.17) is 15.2 Å². The standard InChI is InChI=1S/C20H18BrN3O4/c1-12-16(20(26)24(23-12)15-5-3-4-14(21)10-15)8-13-6-7-17(18(9-13)27-2)28-11-19(22)25/h3-10H,11H2,1-2H3,(H2,22,25). The van der Waals surface area contributed by atoms with Gasteiger partial charge in [-0.05, 0) is 48.9 Å². The van der Waals surface area contributed by atoms with Gasteiger partial charge >= 0.3 is 0 Å². The summed E-state index contributed by atoms with van der Waals surface area (Å²) in [7, 11) is 1.49. The number of primary amides is 1. The first kappa shape index (κ1) is 19.6. The van der Waals surface area contributed by atoms with Gasteiger partial charge in [0, 0.05) is 4.47 Å². The van der Waals surface area contributed by atoms with Gasteiger partial charge in [0.25, 0.3) is 11.8 Å². The maximum atomic E-state index is 12.9. The highest BCUT2D eigenvalue weighted by Gasteiger charge is 2.28. The predicted molar refractivity (Wildman–Crippen MR) is 110 cm³/mol. The van der Waals surface area contributed by atoms with E-state index in [9.17, 15) is 9.59 Å². The Labute approximate surface area is 170 Å². The molecule has 1 heterocycles. The average molecular weight is 444 g/mol. The number of nitrogens with zero attached hydrogens (tertiary/aromatic N) is 2. The van der Waals surface area contributed by atoms with Crippen molar-refractivity contribution >= 4 is 45.2 Å². The maximum absolute atomic E-state index is 12.9. The van der Waals surface area contributed by atoms with E-state index >= 15 is 0 Å². The van der Waals surface area contributed by atoms with Crippen LogP contribution in [-0.4, -0.2) is 31.2 Å². The molecule has 2 aromatic carbocycles. The summed E-state index contributed by atoms with van der Waals surface area (Å²) in [5, 5.41) is 5.74. The molecule has 0 unspecified atom stereocenters. The second-order valence-corrected chi connectivity index (χ2v) is 6.92. The predicted octanol–water partition coefficient (Wildman–Crippen LogP) is 3.13. The Kier molecular flexibility index (Phi) is 5.79. The minimum atomic E-state index is -0.579. The molecule has 0 aromatic heterocycles. The Balaban J connectivity index is 1.88. The van der Waals surface area contributed by atoms with Crippen LogP contribution in [0.3, 0.4) is 0 Å². The Morgan fingerprint density at radius 1 is 1.25 bits per heavy atom. The summed E-state index contributed by atoms with van der Waals surface area (Å²) in [5.41, 5.74) is 7.60. The third kappa shape index (κ3) is 4.23. The zero-order chi connectivity index (χ0) is 20.3. The van der Waals surface area contributed by atoms with E-state index in [2.05, 4.69) is 21.0 Å². The fraction of sp³-hybridized carbons (Fsp3) is 0.150. The lowest BCUT2D eigenvalue weighted by molar-refractivity contribution is -0.120. The van der Waals surface area contributed by atoms with Gasteiger partial charge in [0.1, 0.15) is 0 Å². The number of hydrazone groups is 1. The summed E-state index contributed by atoms with van der Waals surface area (Å²) in [4.78, 5) is 23.8. The second kappa shape index (κ2) is 8.26. The van der Waals surface area contributed by atoms with E-state index in [1.54, 1.807) is 31.2 Å². The third-order valence-corrected chi connectivity index (χ3v) is 4.48. The van der Waals surface area contributed by atoms with E-state index in [-0.39, 0.29) is 12.5 Å². The van der Waals surface area contributed by atoms with Crippen molar-refractivity contribution in [3.8, 4) is 11.5 Å². The first-order chi connectivity index (χ1) is 13.4. The fourth-order valence-corrected chi connectivity index (χ4v) is 3.06. The van der Waals surface area contributed by atoms with Crippen molar-refractivity contribution in [3.05, 3.63) is 58.1 Å². The molecule has 0 spiro atoms. The normalized spacial score (nSPS) is 15.0. The van der Waals surface area contributed by atoms with Crippen molar-refractivity contribution in [3.63, 3.8) is 0 Å². The molecule has 2 amide bonds. The first-order valence-electron chi connectivity index (χ1n) is 8.35. The lowest BCUT2D eigenvalue weighted by atomic mass is 10.1. The van der Waals surface area contributed by atoms with Crippen LogP contribution in [-0.2, 0) is 9.59 Å². The van der Waals surface area contributed by atoms with E-state index in [1.165, 1.54) is 12.1 Å². The molecule has 1 aliphatic rings. The maximum Gasteiger partial charge on any atom is 0.280 e. The van der Waals surface area contributed by atoms with Crippen LogP contribution in [0.2, 0.25) is 0 Å².